The van der Waals surface area contributed by atoms with E-state index >= 15 is 0 Å². The van der Waals surface area contributed by atoms with Crippen LogP contribution >= 0.6 is 11.6 Å². The average molecular weight is 404 g/mol. The minimum atomic E-state index is -5.18. The maximum absolute atomic E-state index is 12.5. The van der Waals surface area contributed by atoms with Crippen LogP contribution in [-0.4, -0.2) is 20.8 Å². The van der Waals surface area contributed by atoms with Gasteiger partial charge in [-0.15, -0.1) is 13.2 Å². The van der Waals surface area contributed by atoms with Gasteiger partial charge in [0.25, 0.3) is 11.2 Å². The lowest BCUT2D eigenvalue weighted by Gasteiger charge is -2.13. The van der Waals surface area contributed by atoms with Crippen LogP contribution in [0.15, 0.2) is 29.3 Å². The third-order valence-electron chi connectivity index (χ3n) is 2.79. The summed E-state index contributed by atoms with van der Waals surface area (Å²) in [5.41, 5.74) is -4.82. The molecule has 0 fully saturated rings. The molecule has 14 heteroatoms. The van der Waals surface area contributed by atoms with Crippen molar-refractivity contribution >= 4 is 17.3 Å². The molecule has 0 aliphatic carbocycles. The van der Waals surface area contributed by atoms with Crippen molar-refractivity contribution in [3.63, 3.8) is 0 Å². The molecule has 0 bridgehead atoms. The minimum absolute atomic E-state index is 0.0557. The van der Waals surface area contributed by atoms with E-state index in [9.17, 15) is 41.3 Å². The van der Waals surface area contributed by atoms with Crippen molar-refractivity contribution in [3.05, 3.63) is 55.7 Å². The van der Waals surface area contributed by atoms with E-state index < -0.39 is 50.9 Å². The molecule has 1 aromatic heterocycles. The molecule has 0 unspecified atom stereocenters. The van der Waals surface area contributed by atoms with Gasteiger partial charge in [0.2, 0.25) is 0 Å². The van der Waals surface area contributed by atoms with Crippen LogP contribution in [0.25, 0.3) is 5.69 Å². The summed E-state index contributed by atoms with van der Waals surface area (Å²) in [5.74, 6) is -1.05. The Kier molecular flexibility index (Phi) is 4.86. The monoisotopic (exact) mass is 403 g/mol. The van der Waals surface area contributed by atoms with E-state index in [1.165, 1.54) is 0 Å². The summed E-state index contributed by atoms with van der Waals surface area (Å²) in [6.07, 6.45) is -9.80. The first kappa shape index (κ1) is 19.5. The highest BCUT2D eigenvalue weighted by Gasteiger charge is 2.35. The van der Waals surface area contributed by atoms with Gasteiger partial charge in [-0.25, -0.2) is 4.98 Å². The van der Waals surface area contributed by atoms with Gasteiger partial charge in [-0.1, -0.05) is 11.6 Å². The number of nitrogens with zero attached hydrogens (tertiary/aromatic N) is 3. The van der Waals surface area contributed by atoms with Crippen LogP contribution in [0.1, 0.15) is 5.69 Å². The van der Waals surface area contributed by atoms with E-state index in [0.717, 1.165) is 0 Å². The molecule has 26 heavy (non-hydrogen) atoms. The smallest absolute Gasteiger partial charge is 0.405 e. The third-order valence-corrected chi connectivity index (χ3v) is 3.08. The van der Waals surface area contributed by atoms with Gasteiger partial charge < -0.3 is 4.74 Å². The zero-order valence-electron chi connectivity index (χ0n) is 11.9. The molecule has 140 valence electrons. The van der Waals surface area contributed by atoms with Gasteiger partial charge in [-0.05, 0) is 0 Å². The Labute approximate surface area is 143 Å². The van der Waals surface area contributed by atoms with Crippen molar-refractivity contribution in [2.45, 2.75) is 12.5 Å². The molecular weight excluding hydrogens is 400 g/mol. The van der Waals surface area contributed by atoms with Crippen molar-refractivity contribution in [2.24, 2.45) is 0 Å². The number of halogens is 7. The minimum Gasteiger partial charge on any atom is -0.405 e. The van der Waals surface area contributed by atoms with E-state index in [4.69, 9.17) is 11.6 Å². The molecule has 0 aliphatic heterocycles. The second-order valence-electron chi connectivity index (χ2n) is 4.56. The van der Waals surface area contributed by atoms with Crippen molar-refractivity contribution in [1.29, 1.82) is 0 Å². The van der Waals surface area contributed by atoms with Crippen molar-refractivity contribution in [1.82, 2.24) is 9.55 Å². The molecule has 2 rings (SSSR count). The molecule has 2 aromatic rings. The highest BCUT2D eigenvalue weighted by Crippen LogP contribution is 2.36. The summed E-state index contributed by atoms with van der Waals surface area (Å²) in [5, 5.41) is 10.3. The van der Waals surface area contributed by atoms with Gasteiger partial charge in [-0.3, -0.25) is 19.5 Å². The van der Waals surface area contributed by atoms with E-state index in [0.29, 0.717) is 23.0 Å². The lowest BCUT2D eigenvalue weighted by atomic mass is 10.2. The number of alkyl halides is 6. The topological polar surface area (TPSA) is 87.3 Å². The Morgan fingerprint density at radius 1 is 1.15 bits per heavy atom. The molecule has 1 heterocycles. The molecule has 0 amide bonds. The molecule has 0 saturated carbocycles. The maximum atomic E-state index is 12.5. The Balaban J connectivity index is 2.67. The van der Waals surface area contributed by atoms with Gasteiger partial charge in [-0.2, -0.15) is 13.2 Å². The molecule has 0 radical (unpaired) electrons. The van der Waals surface area contributed by atoms with Gasteiger partial charge in [0.15, 0.2) is 5.69 Å². The number of hydrogen-bond acceptors (Lipinski definition) is 5. The number of ether oxygens (including phenoxy) is 1. The van der Waals surface area contributed by atoms with Crippen LogP contribution in [0.3, 0.4) is 0 Å². The van der Waals surface area contributed by atoms with Gasteiger partial charge in [0.1, 0.15) is 17.8 Å². The first-order valence-corrected chi connectivity index (χ1v) is 6.57. The van der Waals surface area contributed by atoms with Crippen molar-refractivity contribution in [2.75, 3.05) is 0 Å². The lowest BCUT2D eigenvalue weighted by molar-refractivity contribution is -0.384. The number of nitro benzene ring substituents is 1. The fourth-order valence-electron chi connectivity index (χ4n) is 1.85. The van der Waals surface area contributed by atoms with Crippen LogP contribution in [0.5, 0.6) is 5.75 Å². The summed E-state index contributed by atoms with van der Waals surface area (Å²) in [7, 11) is 0. The first-order valence-electron chi connectivity index (χ1n) is 6.19. The zero-order valence-corrected chi connectivity index (χ0v) is 12.7. The summed E-state index contributed by atoms with van der Waals surface area (Å²) in [6.45, 7) is 0. The zero-order chi connectivity index (χ0) is 19.9. The summed E-state index contributed by atoms with van der Waals surface area (Å²) in [6, 6.07) is 0.889. The predicted molar refractivity (Wildman–Crippen MR) is 73.2 cm³/mol. The second kappa shape index (κ2) is 6.48. The molecule has 0 spiro atoms. The van der Waals surface area contributed by atoms with Crippen LogP contribution < -0.4 is 10.3 Å². The Bertz CT molecular complexity index is 925. The van der Waals surface area contributed by atoms with Crippen LogP contribution in [0, 0.1) is 10.1 Å². The lowest BCUT2D eigenvalue weighted by Crippen LogP contribution is -2.23. The van der Waals surface area contributed by atoms with E-state index in [1.807, 2.05) is 0 Å². The number of hydrogen-bond donors (Lipinski definition) is 0. The number of rotatable bonds is 3. The number of nitro groups is 1. The first-order chi connectivity index (χ1) is 11.8. The molecular formula is C12H4ClF6N3O4. The number of benzene rings is 1. The van der Waals surface area contributed by atoms with Gasteiger partial charge in [0.05, 0.1) is 16.0 Å². The Morgan fingerprint density at radius 2 is 1.77 bits per heavy atom. The molecule has 0 aliphatic rings. The standard InChI is InChI=1S/C12H4ClF6N3O4/c13-6-1-5(26-12(17,18)19)2-7(22(24)25)10(6)21-4-20-8(3-9(21)23)11(14,15)16/h1-4H. The second-order valence-corrected chi connectivity index (χ2v) is 4.97. The maximum Gasteiger partial charge on any atom is 0.573 e. The van der Waals surface area contributed by atoms with Crippen LogP contribution in [0.4, 0.5) is 32.0 Å². The fraction of sp³-hybridized carbons (Fsp3) is 0.167. The van der Waals surface area contributed by atoms with E-state index in [2.05, 4.69) is 9.72 Å². The van der Waals surface area contributed by atoms with Gasteiger partial charge in [0, 0.05) is 12.1 Å². The van der Waals surface area contributed by atoms with Crippen LogP contribution in [0.2, 0.25) is 5.02 Å². The largest absolute Gasteiger partial charge is 0.573 e. The van der Waals surface area contributed by atoms with Crippen LogP contribution in [-0.2, 0) is 6.18 Å². The highest BCUT2D eigenvalue weighted by atomic mass is 35.5. The summed E-state index contributed by atoms with van der Waals surface area (Å²) < 4.78 is 78.1. The SMILES string of the molecule is O=c1cc(C(F)(F)F)ncn1-c1c(Cl)cc(OC(F)(F)F)cc1[N+](=O)[O-]. The molecule has 0 N–H and O–H groups in total. The van der Waals surface area contributed by atoms with Crippen molar-refractivity contribution < 1.29 is 36.0 Å². The predicted octanol–water partition coefficient (Wildman–Crippen LogP) is 3.71. The highest BCUT2D eigenvalue weighted by molar-refractivity contribution is 6.33. The van der Waals surface area contributed by atoms with E-state index in [-0.39, 0.29) is 6.07 Å². The summed E-state index contributed by atoms with van der Waals surface area (Å²) >= 11 is 5.68. The van der Waals surface area contributed by atoms with E-state index in [1.54, 1.807) is 0 Å². The van der Waals surface area contributed by atoms with Crippen molar-refractivity contribution in [3.8, 4) is 11.4 Å². The molecule has 0 atom stereocenters. The average Bonchev–Trinajstić information content (AvgIpc) is 2.44. The molecule has 1 aromatic carbocycles. The third kappa shape index (κ3) is 4.22. The normalized spacial score (nSPS) is 12.1. The fourth-order valence-corrected chi connectivity index (χ4v) is 2.15. The Hall–Kier alpha value is -2.83. The van der Waals surface area contributed by atoms with Gasteiger partial charge >= 0.3 is 12.5 Å². The molecule has 0 saturated heterocycles. The Morgan fingerprint density at radius 3 is 2.23 bits per heavy atom. The summed E-state index contributed by atoms with van der Waals surface area (Å²) in [4.78, 5) is 24.7. The number of aromatic nitrogens is 2. The quantitative estimate of drug-likeness (QED) is 0.443. The molecule has 7 nitrogen and oxygen atoms in total.